The second-order valence-electron chi connectivity index (χ2n) is 11.8. The summed E-state index contributed by atoms with van der Waals surface area (Å²) in [4.78, 5) is 14.2. The zero-order valence-electron chi connectivity index (χ0n) is 22.4. The van der Waals surface area contributed by atoms with Crippen LogP contribution in [0.25, 0.3) is 0 Å². The number of benzene rings is 1. The smallest absolute Gasteiger partial charge is 0.201 e. The van der Waals surface area contributed by atoms with Gasteiger partial charge >= 0.3 is 0 Å². The summed E-state index contributed by atoms with van der Waals surface area (Å²) in [6.07, 6.45) is 2.19. The van der Waals surface area contributed by atoms with Crippen molar-refractivity contribution in [2.75, 3.05) is 33.8 Å². The normalized spacial score (nSPS) is 41.5. The van der Waals surface area contributed by atoms with E-state index < -0.39 is 30.1 Å². The van der Waals surface area contributed by atoms with Gasteiger partial charge in [-0.2, -0.15) is 0 Å². The molecule has 36 heavy (non-hydrogen) atoms. The van der Waals surface area contributed by atoms with Gasteiger partial charge in [0.1, 0.15) is 0 Å². The molecular formula is C28H44N2O6. The Morgan fingerprint density at radius 3 is 2.64 bits per heavy atom. The number of nitrogens with one attached hydrogen (secondary N) is 1. The molecule has 5 fully saturated rings. The molecule has 202 valence electrons. The van der Waals surface area contributed by atoms with Crippen molar-refractivity contribution >= 4 is 0 Å². The number of nitrogens with zero attached hydrogens (tertiary/aromatic N) is 1. The Kier molecular flexibility index (Phi) is 7.79. The minimum atomic E-state index is -0.809. The van der Waals surface area contributed by atoms with Gasteiger partial charge in [-0.3, -0.25) is 0 Å². The molecule has 1 aromatic rings. The Balaban J connectivity index is 1.30. The lowest BCUT2D eigenvalue weighted by Gasteiger charge is -2.60. The summed E-state index contributed by atoms with van der Waals surface area (Å²) in [6, 6.07) is 9.82. The molecule has 8 nitrogen and oxygen atoms in total. The molecular weight excluding hydrogens is 460 g/mol. The van der Waals surface area contributed by atoms with Gasteiger partial charge in [-0.25, -0.2) is 9.78 Å². The molecule has 1 aliphatic carbocycles. The molecule has 6 rings (SSSR count). The zero-order chi connectivity index (χ0) is 25.5. The van der Waals surface area contributed by atoms with Crippen LogP contribution in [0, 0.1) is 23.7 Å². The lowest BCUT2D eigenvalue weighted by molar-refractivity contribution is -0.577. The van der Waals surface area contributed by atoms with E-state index in [0.717, 1.165) is 44.3 Å². The third-order valence-corrected chi connectivity index (χ3v) is 9.00. The summed E-state index contributed by atoms with van der Waals surface area (Å²) >= 11 is 0. The zero-order valence-corrected chi connectivity index (χ0v) is 22.4. The summed E-state index contributed by atoms with van der Waals surface area (Å²) in [6.45, 7) is 8.21. The van der Waals surface area contributed by atoms with Crippen LogP contribution in [-0.4, -0.2) is 73.9 Å². The largest absolute Gasteiger partial charge is 0.389 e. The Morgan fingerprint density at radius 2 is 1.89 bits per heavy atom. The Bertz CT molecular complexity index is 873. The molecule has 4 aliphatic heterocycles. The quantitative estimate of drug-likeness (QED) is 0.495. The fourth-order valence-corrected chi connectivity index (χ4v) is 6.93. The fraction of sp³-hybridized carbons (Fsp3) is 0.786. The van der Waals surface area contributed by atoms with Crippen LogP contribution in [0.15, 0.2) is 30.3 Å². The van der Waals surface area contributed by atoms with Crippen molar-refractivity contribution < 1.29 is 29.1 Å². The standard InChI is InChI=1S/C28H44N2O6/c1-18-11-12-22-19(2)25(33-26-28(22)21(18)13-14-27(3,34-26)35-36-28)32-17-23(31)24(29-15-16-30(4)5)20-9-7-6-8-10-20/h6-10,18-19,21-26,29,31H,11-17H2,1-5H3/t18-,19-,21+,22+,23?,24?,25?,26-,27+,28-/m1/s1. The van der Waals surface area contributed by atoms with Crippen LogP contribution in [0.5, 0.6) is 0 Å². The summed E-state index contributed by atoms with van der Waals surface area (Å²) < 4.78 is 19.3. The van der Waals surface area contributed by atoms with Crippen LogP contribution in [0.2, 0.25) is 0 Å². The molecule has 1 saturated carbocycles. The average molecular weight is 505 g/mol. The van der Waals surface area contributed by atoms with Gasteiger partial charge in [0.2, 0.25) is 5.79 Å². The van der Waals surface area contributed by atoms with Gasteiger partial charge in [-0.15, -0.1) is 0 Å². The third kappa shape index (κ3) is 4.87. The molecule has 10 atom stereocenters. The number of hydrogen-bond acceptors (Lipinski definition) is 8. The maximum Gasteiger partial charge on any atom is 0.201 e. The predicted octanol–water partition coefficient (Wildman–Crippen LogP) is 3.46. The van der Waals surface area contributed by atoms with Crippen LogP contribution in [0.3, 0.4) is 0 Å². The van der Waals surface area contributed by atoms with Crippen LogP contribution in [0.1, 0.15) is 58.1 Å². The van der Waals surface area contributed by atoms with E-state index in [4.69, 9.17) is 24.0 Å². The van der Waals surface area contributed by atoms with Crippen molar-refractivity contribution in [1.29, 1.82) is 0 Å². The Hall–Kier alpha value is -1.10. The van der Waals surface area contributed by atoms with Gasteiger partial charge in [0.05, 0.1) is 18.8 Å². The molecule has 1 spiro atoms. The Labute approximate surface area is 215 Å². The lowest BCUT2D eigenvalue weighted by Crippen LogP contribution is -2.70. The van der Waals surface area contributed by atoms with Crippen molar-refractivity contribution in [3.8, 4) is 0 Å². The minimum Gasteiger partial charge on any atom is -0.389 e. The average Bonchev–Trinajstić information content (AvgIpc) is 3.09. The molecule has 2 bridgehead atoms. The number of aliphatic hydroxyl groups is 1. The van der Waals surface area contributed by atoms with Crippen molar-refractivity contribution in [2.24, 2.45) is 23.7 Å². The van der Waals surface area contributed by atoms with E-state index in [1.54, 1.807) is 0 Å². The molecule has 0 aromatic heterocycles. The second-order valence-corrected chi connectivity index (χ2v) is 11.8. The van der Waals surface area contributed by atoms with Crippen molar-refractivity contribution in [3.63, 3.8) is 0 Å². The maximum atomic E-state index is 11.2. The predicted molar refractivity (Wildman–Crippen MR) is 135 cm³/mol. The van der Waals surface area contributed by atoms with Gasteiger partial charge in [-0.05, 0) is 57.7 Å². The number of hydrogen-bond donors (Lipinski definition) is 2. The highest BCUT2D eigenvalue weighted by molar-refractivity contribution is 5.20. The molecule has 8 heteroatoms. The number of likely N-dealkylation sites (N-methyl/N-ethyl adjacent to an activating group) is 1. The molecule has 0 radical (unpaired) electrons. The number of aliphatic hydroxyl groups excluding tert-OH is 1. The molecule has 4 saturated heterocycles. The van der Waals surface area contributed by atoms with E-state index >= 15 is 0 Å². The number of fused-ring (bicyclic) bond motifs is 2. The second kappa shape index (κ2) is 10.6. The van der Waals surface area contributed by atoms with E-state index in [1.807, 2.05) is 51.4 Å². The molecule has 4 heterocycles. The number of rotatable bonds is 9. The fourth-order valence-electron chi connectivity index (χ4n) is 6.93. The first kappa shape index (κ1) is 26.5. The van der Waals surface area contributed by atoms with E-state index in [2.05, 4.69) is 24.1 Å². The molecule has 2 N–H and O–H groups in total. The first-order chi connectivity index (χ1) is 17.2. The highest BCUT2D eigenvalue weighted by atomic mass is 17.3. The maximum absolute atomic E-state index is 11.2. The highest BCUT2D eigenvalue weighted by Gasteiger charge is 2.69. The summed E-state index contributed by atoms with van der Waals surface area (Å²) in [5.41, 5.74) is 0.433. The van der Waals surface area contributed by atoms with Crippen molar-refractivity contribution in [3.05, 3.63) is 35.9 Å². The third-order valence-electron chi connectivity index (χ3n) is 9.00. The van der Waals surface area contributed by atoms with Crippen molar-refractivity contribution in [1.82, 2.24) is 10.2 Å². The first-order valence-corrected chi connectivity index (χ1v) is 13.7. The van der Waals surface area contributed by atoms with Crippen LogP contribution in [0.4, 0.5) is 0 Å². The van der Waals surface area contributed by atoms with E-state index in [9.17, 15) is 5.11 Å². The van der Waals surface area contributed by atoms with E-state index in [-0.39, 0.29) is 24.5 Å². The van der Waals surface area contributed by atoms with Crippen LogP contribution < -0.4 is 5.32 Å². The highest BCUT2D eigenvalue weighted by Crippen LogP contribution is 2.60. The topological polar surface area (TPSA) is 81.7 Å². The summed E-state index contributed by atoms with van der Waals surface area (Å²) in [5.74, 6) is 0.311. The Morgan fingerprint density at radius 1 is 1.11 bits per heavy atom. The SMILES string of the molecule is C[C@@H]1CC[C@H]2[C@@H](C)C(OCC(O)C(NCCN(C)C)c3ccccc3)O[C@@H]3O[C@]4(C)CC[C@@H]1[C@]32OO4. The first-order valence-electron chi connectivity index (χ1n) is 13.7. The monoisotopic (exact) mass is 504 g/mol. The summed E-state index contributed by atoms with van der Waals surface area (Å²) in [5, 5.41) is 14.8. The van der Waals surface area contributed by atoms with E-state index in [0.29, 0.717) is 11.8 Å². The lowest BCUT2D eigenvalue weighted by atomic mass is 9.58. The molecule has 5 aliphatic rings. The summed E-state index contributed by atoms with van der Waals surface area (Å²) in [7, 11) is 4.09. The molecule has 3 unspecified atom stereocenters. The van der Waals surface area contributed by atoms with Gasteiger partial charge in [0.25, 0.3) is 0 Å². The van der Waals surface area contributed by atoms with Crippen LogP contribution in [-0.2, 0) is 24.0 Å². The molecule has 1 aromatic carbocycles. The van der Waals surface area contributed by atoms with E-state index in [1.165, 1.54) is 0 Å². The minimum absolute atomic E-state index is 0.0787. The van der Waals surface area contributed by atoms with Gasteiger partial charge in [0.15, 0.2) is 18.2 Å². The van der Waals surface area contributed by atoms with Crippen molar-refractivity contribution in [2.45, 2.75) is 82.6 Å². The molecule has 0 amide bonds. The van der Waals surface area contributed by atoms with Gasteiger partial charge in [0, 0.05) is 31.3 Å². The van der Waals surface area contributed by atoms with Gasteiger partial charge < -0.3 is 29.5 Å². The number of ether oxygens (including phenoxy) is 3. The van der Waals surface area contributed by atoms with Crippen LogP contribution >= 0.6 is 0 Å². The van der Waals surface area contributed by atoms with Gasteiger partial charge in [-0.1, -0.05) is 44.2 Å².